The van der Waals surface area contributed by atoms with Crippen LogP contribution in [-0.4, -0.2) is 57.3 Å². The molecule has 4 atom stereocenters. The number of hydrogen-bond donors (Lipinski definition) is 5. The molecule has 62 heavy (non-hydrogen) atoms. The van der Waals surface area contributed by atoms with E-state index in [0.717, 1.165) is 64.2 Å². The van der Waals surface area contributed by atoms with E-state index in [4.69, 9.17) is 0 Å². The van der Waals surface area contributed by atoms with Gasteiger partial charge >= 0.3 is 0 Å². The van der Waals surface area contributed by atoms with E-state index in [1.165, 1.54) is 161 Å². The number of hydrogen-bond acceptors (Lipinski definition) is 5. The molecule has 0 aromatic carbocycles. The van der Waals surface area contributed by atoms with E-state index in [0.29, 0.717) is 19.3 Å². The molecule has 0 aromatic heterocycles. The van der Waals surface area contributed by atoms with E-state index in [9.17, 15) is 25.2 Å². The summed E-state index contributed by atoms with van der Waals surface area (Å²) in [4.78, 5) is 12.6. The van der Waals surface area contributed by atoms with Crippen LogP contribution in [-0.2, 0) is 4.79 Å². The van der Waals surface area contributed by atoms with Gasteiger partial charge in [-0.2, -0.15) is 0 Å². The number of amides is 1. The normalized spacial score (nSPS) is 14.4. The van der Waals surface area contributed by atoms with Gasteiger partial charge in [0, 0.05) is 0 Å². The maximum Gasteiger partial charge on any atom is 0.249 e. The molecule has 362 valence electrons. The Morgan fingerprint density at radius 1 is 0.403 bits per heavy atom. The van der Waals surface area contributed by atoms with Crippen LogP contribution >= 0.6 is 0 Å². The van der Waals surface area contributed by atoms with Crippen LogP contribution in [0.5, 0.6) is 0 Å². The van der Waals surface area contributed by atoms with Gasteiger partial charge in [0.05, 0.1) is 18.8 Å². The summed E-state index contributed by atoms with van der Waals surface area (Å²) in [7, 11) is 0. The Balaban J connectivity index is 3.63. The summed E-state index contributed by atoms with van der Waals surface area (Å²) >= 11 is 0. The van der Waals surface area contributed by atoms with Crippen molar-refractivity contribution in [2.24, 2.45) is 0 Å². The molecule has 6 heteroatoms. The molecule has 0 rings (SSSR count). The third-order valence-corrected chi connectivity index (χ3v) is 12.1. The van der Waals surface area contributed by atoms with Crippen LogP contribution in [0, 0.1) is 0 Å². The van der Waals surface area contributed by atoms with E-state index >= 15 is 0 Å². The number of nitrogens with one attached hydrogen (secondary N) is 1. The summed E-state index contributed by atoms with van der Waals surface area (Å²) in [6.07, 6.45) is 64.3. The Kier molecular flexibility index (Phi) is 48.4. The topological polar surface area (TPSA) is 110 Å². The fourth-order valence-corrected chi connectivity index (χ4v) is 7.95. The van der Waals surface area contributed by atoms with Gasteiger partial charge in [0.15, 0.2) is 0 Å². The number of rotatable bonds is 48. The van der Waals surface area contributed by atoms with Crippen molar-refractivity contribution in [2.75, 3.05) is 6.61 Å². The smallest absolute Gasteiger partial charge is 0.249 e. The van der Waals surface area contributed by atoms with E-state index < -0.39 is 36.9 Å². The number of aliphatic hydroxyl groups is 4. The summed E-state index contributed by atoms with van der Waals surface area (Å²) in [6, 6.07) is -1.01. The van der Waals surface area contributed by atoms with Crippen LogP contribution in [0.25, 0.3) is 0 Å². The quantitative estimate of drug-likeness (QED) is 0.0309. The molecule has 0 aliphatic heterocycles. The number of unbranched alkanes of at least 4 members (excludes halogenated alkanes) is 29. The first-order chi connectivity index (χ1) is 30.5. The summed E-state index contributed by atoms with van der Waals surface area (Å²) in [6.45, 7) is 3.97. The van der Waals surface area contributed by atoms with E-state index in [-0.39, 0.29) is 0 Å². The van der Waals surface area contributed by atoms with Gasteiger partial charge in [-0.25, -0.2) is 0 Å². The van der Waals surface area contributed by atoms with Crippen molar-refractivity contribution in [2.45, 2.75) is 282 Å². The zero-order chi connectivity index (χ0) is 45.2. The molecule has 0 saturated heterocycles. The Labute approximate surface area is 384 Å². The van der Waals surface area contributed by atoms with Crippen molar-refractivity contribution in [1.82, 2.24) is 5.32 Å². The second-order valence-electron chi connectivity index (χ2n) is 18.2. The second-order valence-corrected chi connectivity index (χ2v) is 18.2. The first-order valence-electron chi connectivity index (χ1n) is 26.7. The number of carbonyl (C=O) groups excluding carboxylic acids is 1. The highest BCUT2D eigenvalue weighted by Gasteiger charge is 2.28. The lowest BCUT2D eigenvalue weighted by atomic mass is 10.00. The highest BCUT2D eigenvalue weighted by molar-refractivity contribution is 5.80. The van der Waals surface area contributed by atoms with Crippen LogP contribution < -0.4 is 5.32 Å². The van der Waals surface area contributed by atoms with Crippen LogP contribution in [0.2, 0.25) is 0 Å². The Morgan fingerprint density at radius 2 is 0.758 bits per heavy atom. The molecule has 1 amide bonds. The molecule has 0 radical (unpaired) electrons. The number of carbonyl (C=O) groups is 1. The second kappa shape index (κ2) is 50.0. The largest absolute Gasteiger partial charge is 0.394 e. The zero-order valence-electron chi connectivity index (χ0n) is 40.9. The summed E-state index contributed by atoms with van der Waals surface area (Å²) in [5.41, 5.74) is 0. The maximum atomic E-state index is 12.6. The van der Waals surface area contributed by atoms with Crippen molar-refractivity contribution < 1.29 is 25.2 Å². The van der Waals surface area contributed by atoms with Crippen molar-refractivity contribution in [3.8, 4) is 0 Å². The molecule has 0 saturated carbocycles. The fraction of sp³-hybridized carbons (Fsp3) is 0.804. The minimum absolute atomic E-state index is 0.357. The molecule has 0 aliphatic rings. The minimum Gasteiger partial charge on any atom is -0.394 e. The van der Waals surface area contributed by atoms with Crippen LogP contribution in [0.3, 0.4) is 0 Å². The Bertz CT molecular complexity index is 1070. The van der Waals surface area contributed by atoms with Gasteiger partial charge in [-0.05, 0) is 89.9 Å². The minimum atomic E-state index is -1.29. The highest BCUT2D eigenvalue weighted by atomic mass is 16.3. The Hall–Kier alpha value is -1.99. The number of allylic oxidation sites excluding steroid dienone is 10. The molecule has 0 bridgehead atoms. The molecule has 0 heterocycles. The summed E-state index contributed by atoms with van der Waals surface area (Å²) in [5.74, 6) is -0.600. The molecule has 0 aliphatic carbocycles. The lowest BCUT2D eigenvalue weighted by Crippen LogP contribution is -2.53. The van der Waals surface area contributed by atoms with Crippen molar-refractivity contribution >= 4 is 5.91 Å². The highest BCUT2D eigenvalue weighted by Crippen LogP contribution is 2.16. The van der Waals surface area contributed by atoms with E-state index in [1.54, 1.807) is 0 Å². The van der Waals surface area contributed by atoms with Gasteiger partial charge in [-0.3, -0.25) is 4.79 Å². The summed E-state index contributed by atoms with van der Waals surface area (Å²) in [5, 5.41) is 43.8. The van der Waals surface area contributed by atoms with Gasteiger partial charge in [0.25, 0.3) is 0 Å². The Morgan fingerprint density at radius 3 is 1.18 bits per heavy atom. The zero-order valence-corrected chi connectivity index (χ0v) is 40.9. The lowest BCUT2D eigenvalue weighted by molar-refractivity contribution is -0.132. The molecule has 0 fully saturated rings. The summed E-state index contributed by atoms with van der Waals surface area (Å²) < 4.78 is 0. The van der Waals surface area contributed by atoms with Gasteiger partial charge in [0.1, 0.15) is 12.2 Å². The predicted octanol–water partition coefficient (Wildman–Crippen LogP) is 15.2. The third-order valence-electron chi connectivity index (χ3n) is 12.1. The van der Waals surface area contributed by atoms with Gasteiger partial charge in [-0.1, -0.05) is 229 Å². The first-order valence-corrected chi connectivity index (χ1v) is 26.7. The molecule has 0 aromatic rings. The monoisotopic (exact) mass is 870 g/mol. The number of aliphatic hydroxyl groups excluding tert-OH is 4. The van der Waals surface area contributed by atoms with Crippen LogP contribution in [0.4, 0.5) is 0 Å². The van der Waals surface area contributed by atoms with Crippen LogP contribution in [0.1, 0.15) is 258 Å². The fourth-order valence-electron chi connectivity index (χ4n) is 7.95. The predicted molar refractivity (Wildman–Crippen MR) is 270 cm³/mol. The third kappa shape index (κ3) is 43.3. The first kappa shape index (κ1) is 60.0. The van der Waals surface area contributed by atoms with Crippen molar-refractivity contribution in [3.63, 3.8) is 0 Å². The van der Waals surface area contributed by atoms with Crippen LogP contribution in [0.15, 0.2) is 60.8 Å². The van der Waals surface area contributed by atoms with Crippen molar-refractivity contribution in [3.05, 3.63) is 60.8 Å². The molecule has 5 N–H and O–H groups in total. The average molecular weight is 870 g/mol. The van der Waals surface area contributed by atoms with Gasteiger partial charge < -0.3 is 25.7 Å². The van der Waals surface area contributed by atoms with Crippen molar-refractivity contribution in [1.29, 1.82) is 0 Å². The molecule has 6 nitrogen and oxygen atoms in total. The van der Waals surface area contributed by atoms with E-state index in [2.05, 4.69) is 79.9 Å². The average Bonchev–Trinajstić information content (AvgIpc) is 3.28. The SMILES string of the molecule is CCC/C=C/CC/C=C/CC/C=C/CCCC(O)C(O)C(CO)NC(=O)C(O)CCCCCCCCCCCCCCCCCC/C=C\C/C=C\CCCCCCCCCCC. The van der Waals surface area contributed by atoms with Gasteiger partial charge in [0.2, 0.25) is 5.91 Å². The molecule has 0 spiro atoms. The lowest BCUT2D eigenvalue weighted by Gasteiger charge is -2.27. The van der Waals surface area contributed by atoms with Gasteiger partial charge in [-0.15, -0.1) is 0 Å². The van der Waals surface area contributed by atoms with E-state index in [1.807, 2.05) is 0 Å². The maximum absolute atomic E-state index is 12.6. The molecular weight excluding hydrogens is 767 g/mol. The molecule has 4 unspecified atom stereocenters. The molecular formula is C56H103NO5. The standard InChI is InChI=1S/C56H103NO5/c1-3-5-7-9-11-13-15-17-19-20-21-22-23-24-25-26-27-28-29-30-31-32-33-34-35-36-38-40-42-44-46-48-50-54(60)56(62)57-52(51-58)55(61)53(59)49-47-45-43-41-39-37-18-16-14-12-10-8-6-4-2/h8,10,16,18,21-22,24-25,41,43,52-55,58-61H,3-7,9,11-15,17,19-20,23,26-40,42,44-51H2,1-2H3,(H,57,62)/b10-8+,18-16+,22-21-,25-24-,43-41+.